The van der Waals surface area contributed by atoms with Crippen molar-refractivity contribution in [1.82, 2.24) is 5.32 Å². The zero-order chi connectivity index (χ0) is 16.3. The Bertz CT molecular complexity index is 599. The number of sulfone groups is 1. The van der Waals surface area contributed by atoms with Crippen LogP contribution < -0.4 is 5.32 Å². The van der Waals surface area contributed by atoms with Gasteiger partial charge in [-0.1, -0.05) is 23.7 Å². The molecule has 118 valence electrons. The minimum Gasteiger partial charge on any atom is -0.341 e. The molecule has 0 aliphatic carbocycles. The lowest BCUT2D eigenvalue weighted by atomic mass is 10.1. The summed E-state index contributed by atoms with van der Waals surface area (Å²) in [4.78, 5) is 11.5. The van der Waals surface area contributed by atoms with Gasteiger partial charge >= 0.3 is 6.18 Å². The van der Waals surface area contributed by atoms with E-state index < -0.39 is 40.1 Å². The molecule has 0 unspecified atom stereocenters. The van der Waals surface area contributed by atoms with Crippen LogP contribution in [0, 0.1) is 0 Å². The van der Waals surface area contributed by atoms with Crippen molar-refractivity contribution in [2.75, 3.05) is 12.0 Å². The van der Waals surface area contributed by atoms with E-state index in [0.717, 1.165) is 18.4 Å². The summed E-state index contributed by atoms with van der Waals surface area (Å²) in [6, 6.07) is 2.65. The van der Waals surface area contributed by atoms with Crippen molar-refractivity contribution in [3.8, 4) is 0 Å². The maximum absolute atomic E-state index is 13.0. The topological polar surface area (TPSA) is 63.2 Å². The van der Waals surface area contributed by atoms with Crippen LogP contribution in [0.1, 0.15) is 18.0 Å². The molecule has 0 heterocycles. The van der Waals surface area contributed by atoms with Crippen molar-refractivity contribution in [1.29, 1.82) is 0 Å². The summed E-state index contributed by atoms with van der Waals surface area (Å²) in [7, 11) is -3.42. The quantitative estimate of drug-likeness (QED) is 0.893. The molecule has 4 nitrogen and oxygen atoms in total. The Kier molecular flexibility index (Phi) is 5.63. The van der Waals surface area contributed by atoms with Crippen LogP contribution in [0.15, 0.2) is 24.3 Å². The number of alkyl halides is 3. The Morgan fingerprint density at radius 1 is 1.29 bits per heavy atom. The lowest BCUT2D eigenvalue weighted by molar-refractivity contribution is -0.163. The van der Waals surface area contributed by atoms with Gasteiger partial charge in [-0.2, -0.15) is 13.2 Å². The fourth-order valence-corrected chi connectivity index (χ4v) is 2.20. The summed E-state index contributed by atoms with van der Waals surface area (Å²) >= 11 is 5.60. The SMILES string of the molecule is CS(=O)(=O)CCC(=O)N[C@@H](c1ccc(Cl)cc1)C(F)(F)F. The van der Waals surface area contributed by atoms with E-state index in [4.69, 9.17) is 11.6 Å². The number of hydrogen-bond donors (Lipinski definition) is 1. The second kappa shape index (κ2) is 6.65. The van der Waals surface area contributed by atoms with Crippen LogP contribution in [-0.4, -0.2) is 32.5 Å². The zero-order valence-electron chi connectivity index (χ0n) is 10.9. The number of carbonyl (C=O) groups excluding carboxylic acids is 1. The number of nitrogens with one attached hydrogen (secondary N) is 1. The third-order valence-electron chi connectivity index (χ3n) is 2.54. The highest BCUT2D eigenvalue weighted by Gasteiger charge is 2.41. The molecule has 0 radical (unpaired) electrons. The molecule has 1 rings (SSSR count). The molecule has 0 fully saturated rings. The molecule has 1 aromatic carbocycles. The van der Waals surface area contributed by atoms with Crippen LogP contribution in [0.2, 0.25) is 5.02 Å². The van der Waals surface area contributed by atoms with Crippen molar-refractivity contribution in [3.63, 3.8) is 0 Å². The summed E-state index contributed by atoms with van der Waals surface area (Å²) in [5.41, 5.74) is -0.181. The number of rotatable bonds is 5. The van der Waals surface area contributed by atoms with Crippen LogP contribution in [0.4, 0.5) is 13.2 Å². The predicted octanol–water partition coefficient (Wildman–Crippen LogP) is 2.49. The fraction of sp³-hybridized carbons (Fsp3) is 0.417. The molecular formula is C12H13ClF3NO3S. The highest BCUT2D eigenvalue weighted by Crippen LogP contribution is 2.33. The molecule has 1 atom stereocenters. The van der Waals surface area contributed by atoms with E-state index in [9.17, 15) is 26.4 Å². The molecule has 0 spiro atoms. The standard InChI is InChI=1S/C12H13ClF3NO3S/c1-21(19,20)7-6-10(18)17-11(12(14,15)16)8-2-4-9(13)5-3-8/h2-5,11H,6-7H2,1H3,(H,17,18)/t11-/m0/s1. The molecule has 1 amide bonds. The molecule has 0 saturated carbocycles. The van der Waals surface area contributed by atoms with Crippen molar-refractivity contribution >= 4 is 27.3 Å². The highest BCUT2D eigenvalue weighted by atomic mass is 35.5. The number of halogens is 4. The Hall–Kier alpha value is -1.28. The Balaban J connectivity index is 2.85. The minimum atomic E-state index is -4.70. The first-order valence-electron chi connectivity index (χ1n) is 5.78. The van der Waals surface area contributed by atoms with Gasteiger partial charge in [0.15, 0.2) is 6.04 Å². The molecule has 0 saturated heterocycles. The average Bonchev–Trinajstić information content (AvgIpc) is 2.32. The largest absolute Gasteiger partial charge is 0.412 e. The highest BCUT2D eigenvalue weighted by molar-refractivity contribution is 7.90. The lowest BCUT2D eigenvalue weighted by Gasteiger charge is -2.22. The summed E-state index contributed by atoms with van der Waals surface area (Å²) in [6.07, 6.45) is -4.33. The average molecular weight is 344 g/mol. The first-order valence-corrected chi connectivity index (χ1v) is 8.22. The number of benzene rings is 1. The van der Waals surface area contributed by atoms with Gasteiger partial charge in [0.05, 0.1) is 5.75 Å². The van der Waals surface area contributed by atoms with E-state index in [2.05, 4.69) is 0 Å². The third-order valence-corrected chi connectivity index (χ3v) is 3.73. The van der Waals surface area contributed by atoms with Gasteiger partial charge in [-0.05, 0) is 17.7 Å². The van der Waals surface area contributed by atoms with Crippen LogP contribution in [0.25, 0.3) is 0 Å². The molecule has 1 aromatic rings. The Morgan fingerprint density at radius 2 is 1.81 bits per heavy atom. The number of hydrogen-bond acceptors (Lipinski definition) is 3. The smallest absolute Gasteiger partial charge is 0.341 e. The van der Waals surface area contributed by atoms with Crippen molar-refractivity contribution < 1.29 is 26.4 Å². The molecule has 21 heavy (non-hydrogen) atoms. The molecular weight excluding hydrogens is 331 g/mol. The van der Waals surface area contributed by atoms with Crippen LogP contribution >= 0.6 is 11.6 Å². The van der Waals surface area contributed by atoms with Gasteiger partial charge in [-0.15, -0.1) is 0 Å². The van der Waals surface area contributed by atoms with E-state index in [1.165, 1.54) is 12.1 Å². The van der Waals surface area contributed by atoms with Crippen LogP contribution in [0.5, 0.6) is 0 Å². The zero-order valence-corrected chi connectivity index (χ0v) is 12.5. The van der Waals surface area contributed by atoms with E-state index in [1.807, 2.05) is 0 Å². The first-order chi connectivity index (χ1) is 9.49. The van der Waals surface area contributed by atoms with Gasteiger partial charge in [-0.3, -0.25) is 4.79 Å². The van der Waals surface area contributed by atoms with E-state index >= 15 is 0 Å². The van der Waals surface area contributed by atoms with E-state index in [-0.39, 0.29) is 10.6 Å². The second-order valence-electron chi connectivity index (χ2n) is 4.47. The Labute approximate surface area is 125 Å². The minimum absolute atomic E-state index is 0.181. The number of carbonyl (C=O) groups is 1. The summed E-state index contributed by atoms with van der Waals surface area (Å²) < 4.78 is 60.7. The van der Waals surface area contributed by atoms with Gasteiger partial charge in [-0.25, -0.2) is 8.42 Å². The van der Waals surface area contributed by atoms with Gasteiger partial charge in [0, 0.05) is 17.7 Å². The number of amides is 1. The van der Waals surface area contributed by atoms with Crippen LogP contribution in [0.3, 0.4) is 0 Å². The monoisotopic (exact) mass is 343 g/mol. The van der Waals surface area contributed by atoms with E-state index in [1.54, 1.807) is 5.32 Å². The molecule has 0 aliphatic rings. The second-order valence-corrected chi connectivity index (χ2v) is 7.17. The van der Waals surface area contributed by atoms with Crippen molar-refractivity contribution in [2.24, 2.45) is 0 Å². The molecule has 0 aromatic heterocycles. The van der Waals surface area contributed by atoms with Crippen LogP contribution in [-0.2, 0) is 14.6 Å². The normalized spacial score (nSPS) is 13.8. The summed E-state index contributed by atoms with van der Waals surface area (Å²) in [5, 5.41) is 2.06. The third kappa shape index (κ3) is 6.34. The molecule has 9 heteroatoms. The predicted molar refractivity (Wildman–Crippen MR) is 72.7 cm³/mol. The van der Waals surface area contributed by atoms with Gasteiger partial charge in [0.1, 0.15) is 9.84 Å². The summed E-state index contributed by atoms with van der Waals surface area (Å²) in [6.45, 7) is 0. The Morgan fingerprint density at radius 3 is 2.24 bits per heavy atom. The van der Waals surface area contributed by atoms with Gasteiger partial charge in [0.25, 0.3) is 0 Å². The fourth-order valence-electron chi connectivity index (χ4n) is 1.52. The molecule has 0 aliphatic heterocycles. The summed E-state index contributed by atoms with van der Waals surface area (Å²) in [5.74, 6) is -1.50. The lowest BCUT2D eigenvalue weighted by Crippen LogP contribution is -2.38. The molecule has 1 N–H and O–H groups in total. The van der Waals surface area contributed by atoms with Crippen molar-refractivity contribution in [3.05, 3.63) is 34.9 Å². The maximum atomic E-state index is 13.0. The van der Waals surface area contributed by atoms with Gasteiger partial charge in [0.2, 0.25) is 5.91 Å². The molecule has 0 bridgehead atoms. The first kappa shape index (κ1) is 17.8. The maximum Gasteiger partial charge on any atom is 0.412 e. The van der Waals surface area contributed by atoms with Crippen molar-refractivity contribution in [2.45, 2.75) is 18.6 Å². The van der Waals surface area contributed by atoms with Gasteiger partial charge < -0.3 is 5.32 Å². The van der Waals surface area contributed by atoms with E-state index in [0.29, 0.717) is 0 Å².